The third-order valence-corrected chi connectivity index (χ3v) is 3.93. The number of nitrogens with one attached hydrogen (secondary N) is 1. The monoisotopic (exact) mass is 342 g/mol. The number of amides is 1. The number of aromatic nitrogens is 1. The van der Waals surface area contributed by atoms with Crippen molar-refractivity contribution in [2.45, 2.75) is 13.3 Å². The van der Waals surface area contributed by atoms with Gasteiger partial charge in [0.1, 0.15) is 17.8 Å². The van der Waals surface area contributed by atoms with E-state index in [0.29, 0.717) is 36.6 Å². The summed E-state index contributed by atoms with van der Waals surface area (Å²) in [6, 6.07) is 8.93. The second-order valence-electron chi connectivity index (χ2n) is 5.70. The van der Waals surface area contributed by atoms with Crippen molar-refractivity contribution in [1.29, 1.82) is 0 Å². The zero-order chi connectivity index (χ0) is 17.8. The van der Waals surface area contributed by atoms with E-state index in [1.165, 1.54) is 12.3 Å². The molecule has 8 heteroatoms. The van der Waals surface area contributed by atoms with Crippen molar-refractivity contribution in [1.82, 2.24) is 4.98 Å². The molecule has 0 atom stereocenters. The molecule has 0 bridgehead atoms. The Bertz CT molecular complexity index is 809. The molecule has 3 rings (SSSR count). The van der Waals surface area contributed by atoms with E-state index in [9.17, 15) is 14.9 Å². The first-order chi connectivity index (χ1) is 12.1. The average molecular weight is 342 g/mol. The molecule has 1 aliphatic rings. The maximum atomic E-state index is 12.1. The number of para-hydroxylation sites is 2. The summed E-state index contributed by atoms with van der Waals surface area (Å²) in [6.07, 6.45) is 1.94. The number of hydrogen-bond donors (Lipinski definition) is 1. The van der Waals surface area contributed by atoms with Crippen LogP contribution in [0.3, 0.4) is 0 Å². The molecule has 1 aromatic heterocycles. The van der Waals surface area contributed by atoms with E-state index in [1.807, 2.05) is 24.3 Å². The maximum absolute atomic E-state index is 12.1. The number of benzene rings is 1. The third-order valence-electron chi connectivity index (χ3n) is 3.93. The lowest BCUT2D eigenvalue weighted by molar-refractivity contribution is -0.385. The number of nitro groups is 1. The van der Waals surface area contributed by atoms with Crippen molar-refractivity contribution in [3.63, 3.8) is 0 Å². The summed E-state index contributed by atoms with van der Waals surface area (Å²) >= 11 is 0. The highest BCUT2D eigenvalue weighted by Crippen LogP contribution is 2.31. The van der Waals surface area contributed by atoms with Crippen LogP contribution in [0.15, 0.2) is 36.5 Å². The van der Waals surface area contributed by atoms with E-state index in [4.69, 9.17) is 4.74 Å². The highest BCUT2D eigenvalue weighted by Gasteiger charge is 2.24. The van der Waals surface area contributed by atoms with Crippen LogP contribution < -0.4 is 15.0 Å². The molecular weight excluding hydrogens is 324 g/mol. The van der Waals surface area contributed by atoms with Crippen LogP contribution in [0.5, 0.6) is 5.75 Å². The Morgan fingerprint density at radius 2 is 2.20 bits per heavy atom. The number of fused-ring (bicyclic) bond motifs is 1. The van der Waals surface area contributed by atoms with Gasteiger partial charge in [0.25, 0.3) is 11.6 Å². The van der Waals surface area contributed by atoms with Crippen molar-refractivity contribution < 1.29 is 14.5 Å². The molecule has 0 fully saturated rings. The third kappa shape index (κ3) is 3.68. The van der Waals surface area contributed by atoms with Crippen LogP contribution in [0, 0.1) is 17.0 Å². The molecule has 8 nitrogen and oxygen atoms in total. The number of carbonyl (C=O) groups is 1. The minimum Gasteiger partial charge on any atom is -0.482 e. The van der Waals surface area contributed by atoms with E-state index in [2.05, 4.69) is 10.3 Å². The summed E-state index contributed by atoms with van der Waals surface area (Å²) in [7, 11) is 0. The molecule has 1 aliphatic heterocycles. The Morgan fingerprint density at radius 1 is 1.40 bits per heavy atom. The molecule has 0 radical (unpaired) electrons. The second kappa shape index (κ2) is 7.16. The lowest BCUT2D eigenvalue weighted by atomic mass is 10.2. The summed E-state index contributed by atoms with van der Waals surface area (Å²) < 4.78 is 5.42. The van der Waals surface area contributed by atoms with Gasteiger partial charge >= 0.3 is 0 Å². The molecular formula is C17H18N4O4. The van der Waals surface area contributed by atoms with E-state index in [-0.39, 0.29) is 18.2 Å². The molecule has 2 aromatic rings. The fourth-order valence-electron chi connectivity index (χ4n) is 2.69. The van der Waals surface area contributed by atoms with Crippen LogP contribution in [0.4, 0.5) is 17.2 Å². The SMILES string of the molecule is Cc1cc([N+](=O)[O-])cnc1NCCCN1C(=O)COc2ccccc21. The fraction of sp³-hybridized carbons (Fsp3) is 0.294. The first kappa shape index (κ1) is 16.7. The van der Waals surface area contributed by atoms with E-state index in [0.717, 1.165) is 5.69 Å². The fourth-order valence-corrected chi connectivity index (χ4v) is 2.69. The minimum atomic E-state index is -0.467. The molecule has 0 saturated carbocycles. The van der Waals surface area contributed by atoms with Crippen LogP contribution in [0.2, 0.25) is 0 Å². The predicted octanol–water partition coefficient (Wildman–Crippen LogP) is 2.53. The summed E-state index contributed by atoms with van der Waals surface area (Å²) in [5.41, 5.74) is 1.46. The van der Waals surface area contributed by atoms with Gasteiger partial charge in [-0.15, -0.1) is 0 Å². The lowest BCUT2D eigenvalue weighted by Crippen LogP contribution is -2.39. The number of anilines is 2. The van der Waals surface area contributed by atoms with Gasteiger partial charge in [0, 0.05) is 19.2 Å². The highest BCUT2D eigenvalue weighted by molar-refractivity contribution is 5.97. The summed E-state index contributed by atoms with van der Waals surface area (Å²) in [5, 5.41) is 13.9. The van der Waals surface area contributed by atoms with Crippen LogP contribution in [-0.2, 0) is 4.79 Å². The molecule has 130 valence electrons. The number of nitrogens with zero attached hydrogens (tertiary/aromatic N) is 3. The first-order valence-electron chi connectivity index (χ1n) is 7.93. The van der Waals surface area contributed by atoms with E-state index in [1.54, 1.807) is 11.8 Å². The second-order valence-corrected chi connectivity index (χ2v) is 5.70. The molecule has 0 spiro atoms. The van der Waals surface area contributed by atoms with Gasteiger partial charge in [-0.2, -0.15) is 0 Å². The van der Waals surface area contributed by atoms with Gasteiger partial charge in [0.2, 0.25) is 0 Å². The topological polar surface area (TPSA) is 97.6 Å². The number of hydrogen-bond acceptors (Lipinski definition) is 6. The van der Waals surface area contributed by atoms with Gasteiger partial charge in [0.05, 0.1) is 10.6 Å². The molecule has 0 saturated heterocycles. The first-order valence-corrected chi connectivity index (χ1v) is 7.93. The van der Waals surface area contributed by atoms with Crippen LogP contribution in [0.1, 0.15) is 12.0 Å². The predicted molar refractivity (Wildman–Crippen MR) is 93.0 cm³/mol. The Kier molecular flexibility index (Phi) is 4.78. The highest BCUT2D eigenvalue weighted by atomic mass is 16.6. The smallest absolute Gasteiger partial charge is 0.287 e. The molecule has 2 heterocycles. The van der Waals surface area contributed by atoms with E-state index >= 15 is 0 Å². The van der Waals surface area contributed by atoms with Gasteiger partial charge in [-0.25, -0.2) is 4.98 Å². The van der Waals surface area contributed by atoms with Gasteiger partial charge in [0.15, 0.2) is 6.61 Å². The number of aryl methyl sites for hydroxylation is 1. The molecule has 0 unspecified atom stereocenters. The van der Waals surface area contributed by atoms with Gasteiger partial charge < -0.3 is 15.0 Å². The standard InChI is InChI=1S/C17H18N4O4/c1-12-9-13(21(23)24)10-19-17(12)18-7-4-8-20-14-5-2-3-6-15(14)25-11-16(20)22/h2-3,5-6,9-10H,4,7-8,11H2,1H3,(H,18,19). The maximum Gasteiger partial charge on any atom is 0.287 e. The normalized spacial score (nSPS) is 13.2. The van der Waals surface area contributed by atoms with Crippen molar-refractivity contribution in [3.05, 3.63) is 52.2 Å². The summed E-state index contributed by atoms with van der Waals surface area (Å²) in [5.74, 6) is 1.26. The summed E-state index contributed by atoms with van der Waals surface area (Å²) in [6.45, 7) is 2.97. The Hall–Kier alpha value is -3.16. The Morgan fingerprint density at radius 3 is 2.96 bits per heavy atom. The molecule has 25 heavy (non-hydrogen) atoms. The van der Waals surface area contributed by atoms with Gasteiger partial charge in [-0.05, 0) is 31.0 Å². The largest absolute Gasteiger partial charge is 0.482 e. The van der Waals surface area contributed by atoms with Crippen LogP contribution in [-0.4, -0.2) is 35.5 Å². The Balaban J connectivity index is 1.57. The zero-order valence-corrected chi connectivity index (χ0v) is 13.8. The molecule has 1 N–H and O–H groups in total. The molecule has 0 aliphatic carbocycles. The van der Waals surface area contributed by atoms with Crippen molar-refractivity contribution in [2.75, 3.05) is 29.9 Å². The minimum absolute atomic E-state index is 0.0291. The molecule has 1 amide bonds. The molecule has 1 aromatic carbocycles. The summed E-state index contributed by atoms with van der Waals surface area (Å²) in [4.78, 5) is 28.1. The lowest BCUT2D eigenvalue weighted by Gasteiger charge is -2.29. The number of ether oxygens (including phenoxy) is 1. The van der Waals surface area contributed by atoms with Gasteiger partial charge in [-0.1, -0.05) is 12.1 Å². The van der Waals surface area contributed by atoms with E-state index < -0.39 is 4.92 Å². The van der Waals surface area contributed by atoms with Crippen molar-refractivity contribution in [3.8, 4) is 5.75 Å². The van der Waals surface area contributed by atoms with Crippen LogP contribution >= 0.6 is 0 Å². The Labute approximate surface area is 144 Å². The van der Waals surface area contributed by atoms with Gasteiger partial charge in [-0.3, -0.25) is 14.9 Å². The van der Waals surface area contributed by atoms with Crippen molar-refractivity contribution >= 4 is 23.1 Å². The average Bonchev–Trinajstić information content (AvgIpc) is 2.61. The van der Waals surface area contributed by atoms with Crippen LogP contribution in [0.25, 0.3) is 0 Å². The zero-order valence-electron chi connectivity index (χ0n) is 13.8. The number of pyridine rings is 1. The van der Waals surface area contributed by atoms with Crippen molar-refractivity contribution in [2.24, 2.45) is 0 Å². The quantitative estimate of drug-likeness (QED) is 0.492. The number of rotatable bonds is 6. The number of carbonyl (C=O) groups excluding carboxylic acids is 1.